The summed E-state index contributed by atoms with van der Waals surface area (Å²) in [6.45, 7) is 4.60. The van der Waals surface area contributed by atoms with E-state index in [4.69, 9.17) is 0 Å². The summed E-state index contributed by atoms with van der Waals surface area (Å²) in [5, 5.41) is 13.6. The molecule has 0 aliphatic rings. The number of amides is 1. The molecule has 0 atom stereocenters. The lowest BCUT2D eigenvalue weighted by molar-refractivity contribution is -0.385. The molecule has 0 fully saturated rings. The molecule has 2 aromatic carbocycles. The monoisotopic (exact) mass is 409 g/mol. The largest absolute Gasteiger partial charge is 0.322 e. The van der Waals surface area contributed by atoms with Crippen molar-refractivity contribution >= 4 is 33.0 Å². The second kappa shape index (κ2) is 8.34. The summed E-state index contributed by atoms with van der Waals surface area (Å²) < 4.78 is 40.3. The smallest absolute Gasteiger partial charge is 0.276 e. The number of hydrogen-bond acceptors (Lipinski definition) is 5. The van der Waals surface area contributed by atoms with Crippen molar-refractivity contribution in [3.8, 4) is 0 Å². The van der Waals surface area contributed by atoms with Gasteiger partial charge >= 0.3 is 0 Å². The third kappa shape index (κ3) is 4.83. The highest BCUT2D eigenvalue weighted by Crippen LogP contribution is 2.27. The Balaban J connectivity index is 2.33. The van der Waals surface area contributed by atoms with Crippen molar-refractivity contribution in [3.05, 3.63) is 63.0 Å². The van der Waals surface area contributed by atoms with E-state index in [2.05, 4.69) is 10.0 Å². The molecular formula is C18H20FN3O5S. The average Bonchev–Trinajstić information content (AvgIpc) is 2.60. The van der Waals surface area contributed by atoms with Crippen molar-refractivity contribution in [2.24, 2.45) is 0 Å². The van der Waals surface area contributed by atoms with Gasteiger partial charge in [-0.15, -0.1) is 0 Å². The third-order valence-corrected chi connectivity index (χ3v) is 5.57. The Labute approximate surface area is 162 Å². The summed E-state index contributed by atoms with van der Waals surface area (Å²) in [5.41, 5.74) is 0.175. The molecule has 0 saturated carbocycles. The summed E-state index contributed by atoms with van der Waals surface area (Å²) >= 11 is 0. The molecule has 1 amide bonds. The van der Waals surface area contributed by atoms with Gasteiger partial charge in [0.25, 0.3) is 11.6 Å². The topological polar surface area (TPSA) is 118 Å². The van der Waals surface area contributed by atoms with Crippen LogP contribution in [0.5, 0.6) is 0 Å². The molecule has 2 N–H and O–H groups in total. The number of nitro benzene ring substituents is 1. The highest BCUT2D eigenvalue weighted by molar-refractivity contribution is 7.92. The Morgan fingerprint density at radius 3 is 2.43 bits per heavy atom. The van der Waals surface area contributed by atoms with Crippen LogP contribution in [0.2, 0.25) is 0 Å². The number of benzene rings is 2. The fourth-order valence-electron chi connectivity index (χ4n) is 2.55. The van der Waals surface area contributed by atoms with Crippen LogP contribution >= 0.6 is 0 Å². The number of carbonyl (C=O) groups excluding carboxylic acids is 1. The number of nitro groups is 1. The lowest BCUT2D eigenvalue weighted by Gasteiger charge is -2.14. The standard InChI is InChI=1S/C18H20FN3O5S/c1-4-8-28(26,27)21-16-7-5-6-15(12(16)3)20-18(23)13-9-14(19)11(2)17(10-13)22(24)25/h5-7,9-10,21H,4,8H2,1-3H3,(H,20,23). The van der Waals surface area contributed by atoms with E-state index in [1.165, 1.54) is 6.92 Å². The molecule has 0 radical (unpaired) electrons. The first-order valence-corrected chi connectivity index (χ1v) is 10.1. The Bertz CT molecular complexity index is 1040. The minimum Gasteiger partial charge on any atom is -0.322 e. The minimum atomic E-state index is -3.52. The Hall–Kier alpha value is -3.01. The van der Waals surface area contributed by atoms with Crippen LogP contribution in [0.25, 0.3) is 0 Å². The molecule has 28 heavy (non-hydrogen) atoms. The van der Waals surface area contributed by atoms with Gasteiger partial charge in [0.1, 0.15) is 5.82 Å². The van der Waals surface area contributed by atoms with E-state index in [0.29, 0.717) is 23.4 Å². The van der Waals surface area contributed by atoms with Crippen LogP contribution in [-0.2, 0) is 10.0 Å². The number of rotatable bonds is 7. The quantitative estimate of drug-likeness (QED) is 0.533. The van der Waals surface area contributed by atoms with Crippen LogP contribution in [-0.4, -0.2) is 25.0 Å². The van der Waals surface area contributed by atoms with E-state index in [1.807, 2.05) is 0 Å². The van der Waals surface area contributed by atoms with E-state index >= 15 is 0 Å². The zero-order valence-electron chi connectivity index (χ0n) is 15.6. The zero-order chi connectivity index (χ0) is 21.1. The molecule has 2 rings (SSSR count). The number of carbonyl (C=O) groups is 1. The molecule has 0 aliphatic heterocycles. The fourth-order valence-corrected chi connectivity index (χ4v) is 3.74. The van der Waals surface area contributed by atoms with Gasteiger partial charge in [-0.2, -0.15) is 0 Å². The normalized spacial score (nSPS) is 11.1. The van der Waals surface area contributed by atoms with Crippen molar-refractivity contribution in [1.29, 1.82) is 0 Å². The van der Waals surface area contributed by atoms with Gasteiger partial charge in [0, 0.05) is 17.3 Å². The maximum Gasteiger partial charge on any atom is 0.276 e. The Morgan fingerprint density at radius 1 is 1.18 bits per heavy atom. The van der Waals surface area contributed by atoms with Gasteiger partial charge in [0.15, 0.2) is 0 Å². The predicted molar refractivity (Wildman–Crippen MR) is 105 cm³/mol. The molecule has 0 unspecified atom stereocenters. The number of hydrogen-bond donors (Lipinski definition) is 2. The predicted octanol–water partition coefficient (Wildman–Crippen LogP) is 3.75. The SMILES string of the molecule is CCCS(=O)(=O)Nc1cccc(NC(=O)c2cc(F)c(C)c([N+](=O)[O-])c2)c1C. The summed E-state index contributed by atoms with van der Waals surface area (Å²) in [4.78, 5) is 22.7. The van der Waals surface area contributed by atoms with Crippen LogP contribution in [0.3, 0.4) is 0 Å². The van der Waals surface area contributed by atoms with Crippen molar-refractivity contribution in [2.45, 2.75) is 27.2 Å². The molecule has 0 aliphatic carbocycles. The van der Waals surface area contributed by atoms with Crippen LogP contribution in [0, 0.1) is 29.8 Å². The number of sulfonamides is 1. The summed E-state index contributed by atoms with van der Waals surface area (Å²) in [5.74, 6) is -1.66. The molecule has 0 heterocycles. The van der Waals surface area contributed by atoms with Crippen LogP contribution < -0.4 is 10.0 Å². The van der Waals surface area contributed by atoms with Gasteiger partial charge in [-0.25, -0.2) is 12.8 Å². The van der Waals surface area contributed by atoms with Crippen LogP contribution in [0.1, 0.15) is 34.8 Å². The van der Waals surface area contributed by atoms with E-state index in [1.54, 1.807) is 32.0 Å². The number of nitrogens with one attached hydrogen (secondary N) is 2. The first-order valence-electron chi connectivity index (χ1n) is 8.41. The second-order valence-electron chi connectivity index (χ2n) is 6.21. The minimum absolute atomic E-state index is 0.0463. The zero-order valence-corrected chi connectivity index (χ0v) is 16.4. The number of anilines is 2. The molecule has 0 aromatic heterocycles. The molecule has 150 valence electrons. The van der Waals surface area contributed by atoms with Crippen molar-refractivity contribution in [1.82, 2.24) is 0 Å². The molecule has 0 saturated heterocycles. The maximum atomic E-state index is 13.9. The van der Waals surface area contributed by atoms with Gasteiger partial charge in [-0.05, 0) is 44.0 Å². The lowest BCUT2D eigenvalue weighted by atomic mass is 10.1. The van der Waals surface area contributed by atoms with Crippen LogP contribution in [0.4, 0.5) is 21.5 Å². The van der Waals surface area contributed by atoms with Crippen molar-refractivity contribution in [3.63, 3.8) is 0 Å². The van der Waals surface area contributed by atoms with Gasteiger partial charge < -0.3 is 5.32 Å². The van der Waals surface area contributed by atoms with E-state index in [9.17, 15) is 27.7 Å². The Morgan fingerprint density at radius 2 is 1.82 bits per heavy atom. The first-order chi connectivity index (χ1) is 13.1. The molecule has 0 spiro atoms. The third-order valence-electron chi connectivity index (χ3n) is 4.10. The van der Waals surface area contributed by atoms with Crippen molar-refractivity contribution < 1.29 is 22.5 Å². The first kappa shape index (κ1) is 21.3. The Kier molecular flexibility index (Phi) is 6.34. The fraction of sp³-hybridized carbons (Fsp3) is 0.278. The number of halogens is 1. The molecule has 8 nitrogen and oxygen atoms in total. The summed E-state index contributed by atoms with van der Waals surface area (Å²) in [6.07, 6.45) is 0.447. The van der Waals surface area contributed by atoms with E-state index < -0.39 is 32.4 Å². The highest BCUT2D eigenvalue weighted by Gasteiger charge is 2.20. The van der Waals surface area contributed by atoms with Gasteiger partial charge in [-0.1, -0.05) is 13.0 Å². The molecule has 2 aromatic rings. The van der Waals surface area contributed by atoms with Crippen LogP contribution in [0.15, 0.2) is 30.3 Å². The van der Waals surface area contributed by atoms with Gasteiger partial charge in [0.05, 0.1) is 21.9 Å². The molecule has 0 bridgehead atoms. The van der Waals surface area contributed by atoms with Gasteiger partial charge in [0.2, 0.25) is 10.0 Å². The van der Waals surface area contributed by atoms with E-state index in [-0.39, 0.29) is 16.9 Å². The van der Waals surface area contributed by atoms with E-state index in [0.717, 1.165) is 12.1 Å². The molecular weight excluding hydrogens is 389 g/mol. The number of nitrogens with zero attached hydrogens (tertiary/aromatic N) is 1. The molecule has 10 heteroatoms. The average molecular weight is 409 g/mol. The second-order valence-corrected chi connectivity index (χ2v) is 8.05. The summed E-state index contributed by atoms with van der Waals surface area (Å²) in [6, 6.07) is 6.56. The highest BCUT2D eigenvalue weighted by atomic mass is 32.2. The summed E-state index contributed by atoms with van der Waals surface area (Å²) in [7, 11) is -3.52. The lowest BCUT2D eigenvalue weighted by Crippen LogP contribution is -2.18. The van der Waals surface area contributed by atoms with Crippen molar-refractivity contribution in [2.75, 3.05) is 15.8 Å². The van der Waals surface area contributed by atoms with Gasteiger partial charge in [-0.3, -0.25) is 19.6 Å². The maximum absolute atomic E-state index is 13.9.